The molecule has 15 nitrogen and oxygen atoms in total. The van der Waals surface area contributed by atoms with Crippen molar-refractivity contribution in [3.63, 3.8) is 0 Å². The second-order valence-corrected chi connectivity index (χ2v) is 19.0. The van der Waals surface area contributed by atoms with Gasteiger partial charge in [-0.25, -0.2) is 14.4 Å². The molecule has 1 aromatic rings. The van der Waals surface area contributed by atoms with Gasteiger partial charge >= 0.3 is 25.3 Å². The van der Waals surface area contributed by atoms with Gasteiger partial charge in [-0.3, -0.25) is 4.79 Å². The van der Waals surface area contributed by atoms with Crippen LogP contribution in [0.1, 0.15) is 112 Å². The van der Waals surface area contributed by atoms with E-state index in [-0.39, 0.29) is 41.7 Å². The first-order chi connectivity index (χ1) is 25.2. The van der Waals surface area contributed by atoms with Crippen LogP contribution in [0.4, 0.5) is 9.59 Å². The Morgan fingerprint density at radius 1 is 0.964 bits per heavy atom. The van der Waals surface area contributed by atoms with Crippen LogP contribution in [0.2, 0.25) is 6.32 Å². The Morgan fingerprint density at radius 2 is 1.58 bits per heavy atom. The van der Waals surface area contributed by atoms with Crippen molar-refractivity contribution in [1.29, 1.82) is 0 Å². The van der Waals surface area contributed by atoms with Crippen molar-refractivity contribution in [1.82, 2.24) is 10.2 Å². The normalized spacial score (nSPS) is 25.7. The Bertz CT molecular complexity index is 1640. The number of benzene rings is 1. The topological polar surface area (TPSA) is 194 Å². The molecule has 1 aromatic carbocycles. The number of aryl methyl sites for hydroxylation is 1. The average Bonchev–Trinajstić information content (AvgIpc) is 3.33. The van der Waals surface area contributed by atoms with Crippen molar-refractivity contribution in [2.24, 2.45) is 23.0 Å². The third-order valence-electron chi connectivity index (χ3n) is 10.8. The Morgan fingerprint density at radius 3 is 2.15 bits per heavy atom. The number of aliphatic hydroxyl groups excluding tert-OH is 1. The third-order valence-corrected chi connectivity index (χ3v) is 10.8. The number of amides is 2. The minimum atomic E-state index is -1.71. The molecule has 3 aliphatic carbocycles. The van der Waals surface area contributed by atoms with Gasteiger partial charge in [0.1, 0.15) is 40.4 Å². The van der Waals surface area contributed by atoms with Gasteiger partial charge in [-0.2, -0.15) is 0 Å². The first kappa shape index (κ1) is 42.5. The van der Waals surface area contributed by atoms with E-state index in [1.165, 1.54) is 4.90 Å². The van der Waals surface area contributed by atoms with Crippen molar-refractivity contribution in [2.45, 2.75) is 156 Å². The molecule has 5 aliphatic rings. The molecule has 5 fully saturated rings. The zero-order chi connectivity index (χ0) is 41.1. The first-order valence-corrected chi connectivity index (χ1v) is 19.2. The highest BCUT2D eigenvalue weighted by Crippen LogP contribution is 2.65. The number of rotatable bonds is 10. The van der Waals surface area contributed by atoms with E-state index < -0.39 is 72.0 Å². The molecule has 0 radical (unpaired) electrons. The second-order valence-electron chi connectivity index (χ2n) is 19.0. The monoisotopic (exact) mass is 773 g/mol. The molecule has 0 spiro atoms. The van der Waals surface area contributed by atoms with Gasteiger partial charge in [-0.1, -0.05) is 19.9 Å². The molecule has 0 aromatic heterocycles. The Hall–Kier alpha value is -3.60. The number of nitrogens with zero attached hydrogens (tertiary/aromatic N) is 1. The van der Waals surface area contributed by atoms with Crippen LogP contribution in [0.5, 0.6) is 11.5 Å². The Labute approximate surface area is 324 Å². The Balaban J connectivity index is 1.38. The van der Waals surface area contributed by atoms with Gasteiger partial charge in [0.15, 0.2) is 11.8 Å². The summed E-state index contributed by atoms with van der Waals surface area (Å²) in [6, 6.07) is 1.84. The number of hydrogen-bond acceptors (Lipinski definition) is 13. The van der Waals surface area contributed by atoms with Crippen LogP contribution in [0.25, 0.3) is 0 Å². The van der Waals surface area contributed by atoms with E-state index in [0.717, 1.165) is 12.8 Å². The fraction of sp³-hybridized carbons (Fsp3) is 0.744. The summed E-state index contributed by atoms with van der Waals surface area (Å²) in [4.78, 5) is 54.1. The molecule has 16 heteroatoms. The third kappa shape index (κ3) is 9.69. The highest BCUT2D eigenvalue weighted by molar-refractivity contribution is 6.45. The van der Waals surface area contributed by atoms with E-state index in [2.05, 4.69) is 26.1 Å². The lowest BCUT2D eigenvalue weighted by molar-refractivity contribution is -0.199. The number of esters is 1. The van der Waals surface area contributed by atoms with E-state index in [4.69, 9.17) is 38.7 Å². The van der Waals surface area contributed by atoms with Crippen molar-refractivity contribution < 1.29 is 57.3 Å². The minimum absolute atomic E-state index is 0.00901. The molecule has 0 unspecified atom stereocenters. The van der Waals surface area contributed by atoms with Crippen molar-refractivity contribution in [2.75, 3.05) is 13.1 Å². The Kier molecular flexibility index (Phi) is 11.6. The van der Waals surface area contributed by atoms with Crippen molar-refractivity contribution in [3.05, 3.63) is 23.3 Å². The van der Waals surface area contributed by atoms with Crippen molar-refractivity contribution >= 4 is 31.2 Å². The molecule has 2 heterocycles. The smallest absolute Gasteiger partial charge is 0.486 e. The standard InChI is InChI=1S/C39H60BN3O12/c1-35(2,3)51-32(46)27-24(49-23-19-43(20-23)31(45)28(30(41)44)42-33(47)52-36(4,5)6)14-13-21(29(27)50-34(48)53-37(7,8)9)15-16-40-54-26-18-22-17-25(38(22,10)11)39(26,12)55-40/h13-14,22-23,25-26,28,30,44H,15-20,41H2,1-12H3,(H,42,47)/t22-,25-,26+,28+,30+,39-/m0/s1. The van der Waals surface area contributed by atoms with Crippen LogP contribution < -0.4 is 20.5 Å². The summed E-state index contributed by atoms with van der Waals surface area (Å²) in [5.74, 6) is -0.476. The maximum Gasteiger partial charge on any atom is 0.514 e. The van der Waals surface area contributed by atoms with Crippen LogP contribution in [0, 0.1) is 17.3 Å². The maximum atomic E-state index is 14.0. The number of nitrogens with two attached hydrogens (primary N) is 1. The molecular weight excluding hydrogens is 713 g/mol. The van der Waals surface area contributed by atoms with Gasteiger partial charge in [0.05, 0.1) is 24.8 Å². The van der Waals surface area contributed by atoms with E-state index in [1.807, 2.05) is 0 Å². The van der Waals surface area contributed by atoms with Gasteiger partial charge in [0.2, 0.25) is 5.91 Å². The lowest BCUT2D eigenvalue weighted by atomic mass is 9.43. The SMILES string of the molecule is CC(C)(C)OC(=O)N[C@@H](C(=O)N1CC(Oc2ccc(CCB3O[C@@H]4C[C@@H]5C[C@@H](C5(C)C)[C@]4(C)O3)c(OC(=O)OC(C)(C)C)c2C(=O)OC(C)(C)C)C1)[C@H](N)O. The van der Waals surface area contributed by atoms with E-state index in [0.29, 0.717) is 30.1 Å². The number of likely N-dealkylation sites (tertiary alicyclic amines) is 1. The number of carbonyl (C=O) groups excluding carboxylic acids is 4. The molecule has 6 rings (SSSR count). The highest BCUT2D eigenvalue weighted by Gasteiger charge is 2.67. The summed E-state index contributed by atoms with van der Waals surface area (Å²) in [6.45, 7) is 22.0. The fourth-order valence-corrected chi connectivity index (χ4v) is 8.04. The number of aliphatic hydroxyl groups is 1. The average molecular weight is 774 g/mol. The molecule has 2 bridgehead atoms. The number of alkyl carbamates (subject to hydrolysis) is 1. The van der Waals surface area contributed by atoms with Gasteiger partial charge in [0, 0.05) is 0 Å². The minimum Gasteiger partial charge on any atom is -0.486 e. The number of carbonyl (C=O) groups is 4. The lowest BCUT2D eigenvalue weighted by Crippen LogP contribution is -2.65. The quantitative estimate of drug-likeness (QED) is 0.0948. The zero-order valence-corrected chi connectivity index (χ0v) is 34.4. The van der Waals surface area contributed by atoms with Crippen LogP contribution in [-0.2, 0) is 34.7 Å². The van der Waals surface area contributed by atoms with E-state index >= 15 is 0 Å². The zero-order valence-electron chi connectivity index (χ0n) is 34.4. The van der Waals surface area contributed by atoms with E-state index in [9.17, 15) is 24.3 Å². The van der Waals surface area contributed by atoms with Crippen LogP contribution in [0.3, 0.4) is 0 Å². The summed E-state index contributed by atoms with van der Waals surface area (Å²) < 4.78 is 41.7. The predicted molar refractivity (Wildman–Crippen MR) is 201 cm³/mol. The van der Waals surface area contributed by atoms with Gasteiger partial charge in [-0.15, -0.1) is 0 Å². The van der Waals surface area contributed by atoms with Crippen LogP contribution in [0.15, 0.2) is 12.1 Å². The molecule has 2 saturated heterocycles. The molecule has 3 saturated carbocycles. The molecule has 306 valence electrons. The summed E-state index contributed by atoms with van der Waals surface area (Å²) >= 11 is 0. The largest absolute Gasteiger partial charge is 0.514 e. The summed E-state index contributed by atoms with van der Waals surface area (Å²) in [5.41, 5.74) is 3.17. The number of nitrogens with one attached hydrogen (secondary N) is 1. The molecule has 4 N–H and O–H groups in total. The summed E-state index contributed by atoms with van der Waals surface area (Å²) in [5, 5.41) is 12.4. The summed E-state index contributed by atoms with van der Waals surface area (Å²) in [7, 11) is -0.500. The predicted octanol–water partition coefficient (Wildman–Crippen LogP) is 4.99. The molecular formula is C39H60BN3O12. The van der Waals surface area contributed by atoms with Crippen LogP contribution >= 0.6 is 0 Å². The maximum absolute atomic E-state index is 14.0. The van der Waals surface area contributed by atoms with Gasteiger partial charge < -0.3 is 54.0 Å². The molecule has 2 amide bonds. The van der Waals surface area contributed by atoms with Gasteiger partial charge in [0.25, 0.3) is 0 Å². The van der Waals surface area contributed by atoms with E-state index in [1.54, 1.807) is 74.4 Å². The molecule has 6 atom stereocenters. The first-order valence-electron chi connectivity index (χ1n) is 19.2. The number of hydrogen-bond donors (Lipinski definition) is 3. The molecule has 2 aliphatic heterocycles. The van der Waals surface area contributed by atoms with Crippen molar-refractivity contribution in [3.8, 4) is 11.5 Å². The lowest BCUT2D eigenvalue weighted by Gasteiger charge is -2.64. The van der Waals surface area contributed by atoms with Crippen LogP contribution in [-0.4, -0.2) is 101 Å². The summed E-state index contributed by atoms with van der Waals surface area (Å²) in [6.07, 6.45) is -1.47. The highest BCUT2D eigenvalue weighted by atomic mass is 16.7. The molecule has 55 heavy (non-hydrogen) atoms. The second kappa shape index (κ2) is 15.1. The fourth-order valence-electron chi connectivity index (χ4n) is 8.04. The number of ether oxygens (including phenoxy) is 5. The van der Waals surface area contributed by atoms with Gasteiger partial charge in [-0.05, 0) is 124 Å².